The number of rotatable bonds is 5. The van der Waals surface area contributed by atoms with Crippen LogP contribution in [0.3, 0.4) is 0 Å². The maximum absolute atomic E-state index is 12.1. The van der Waals surface area contributed by atoms with Crippen LogP contribution in [0.5, 0.6) is 0 Å². The molecule has 0 aliphatic carbocycles. The van der Waals surface area contributed by atoms with Crippen LogP contribution in [0.1, 0.15) is 26.7 Å². The van der Waals surface area contributed by atoms with Crippen LogP contribution in [-0.2, 0) is 19.4 Å². The fraction of sp³-hybridized carbons (Fsp3) is 0.438. The van der Waals surface area contributed by atoms with Crippen molar-refractivity contribution in [1.29, 1.82) is 0 Å². The van der Waals surface area contributed by atoms with Gasteiger partial charge in [0.2, 0.25) is 5.89 Å². The number of hydrogen-bond donors (Lipinski definition) is 1. The minimum Gasteiger partial charge on any atom is -0.403 e. The summed E-state index contributed by atoms with van der Waals surface area (Å²) in [5.41, 5.74) is 0.563. The molecule has 2 heterocycles. The molecule has 0 radical (unpaired) electrons. The highest BCUT2D eigenvalue weighted by atomic mass is 32.2. The first-order valence-electron chi connectivity index (χ1n) is 7.98. The van der Waals surface area contributed by atoms with Gasteiger partial charge in [-0.1, -0.05) is 5.10 Å². The molecule has 1 aliphatic heterocycles. The minimum absolute atomic E-state index is 0.0191. The molecule has 9 heteroatoms. The number of carbonyl (C=O) groups excluding carboxylic acids is 1. The summed E-state index contributed by atoms with van der Waals surface area (Å²) in [6.07, 6.45) is 1.02. The van der Waals surface area contributed by atoms with E-state index in [0.29, 0.717) is 18.6 Å². The lowest BCUT2D eigenvalue weighted by atomic mass is 10.2. The third-order valence-electron chi connectivity index (χ3n) is 3.93. The molecule has 1 aromatic carbocycles. The highest BCUT2D eigenvalue weighted by Crippen LogP contribution is 2.24. The number of sulfone groups is 1. The van der Waals surface area contributed by atoms with Gasteiger partial charge >= 0.3 is 6.01 Å². The number of nitrogens with one attached hydrogen (secondary N) is 1. The Balaban J connectivity index is 1.73. The molecule has 1 fully saturated rings. The highest BCUT2D eigenvalue weighted by Gasteiger charge is 2.25. The average Bonchev–Trinajstić information content (AvgIpc) is 3.26. The maximum Gasteiger partial charge on any atom is 0.322 e. The highest BCUT2D eigenvalue weighted by molar-refractivity contribution is 7.92. The Kier molecular flexibility index (Phi) is 4.87. The van der Waals surface area contributed by atoms with Crippen LogP contribution < -0.4 is 5.32 Å². The van der Waals surface area contributed by atoms with E-state index in [9.17, 15) is 13.2 Å². The second-order valence-electron chi connectivity index (χ2n) is 6.02. The lowest BCUT2D eigenvalue weighted by Crippen LogP contribution is -2.26. The van der Waals surface area contributed by atoms with Crippen molar-refractivity contribution < 1.29 is 22.4 Å². The van der Waals surface area contributed by atoms with Gasteiger partial charge < -0.3 is 9.15 Å². The minimum atomic E-state index is -3.33. The number of amides is 1. The number of nitrogens with zero attached hydrogens (tertiary/aromatic N) is 2. The fourth-order valence-corrected chi connectivity index (χ4v) is 3.48. The first-order chi connectivity index (χ1) is 11.9. The van der Waals surface area contributed by atoms with Crippen molar-refractivity contribution in [3.05, 3.63) is 24.3 Å². The van der Waals surface area contributed by atoms with E-state index in [1.165, 1.54) is 12.1 Å². The molecule has 1 aliphatic rings. The van der Waals surface area contributed by atoms with Crippen molar-refractivity contribution in [2.75, 3.05) is 11.9 Å². The molecule has 134 valence electrons. The molecule has 1 amide bonds. The number of carbonyl (C=O) groups is 1. The van der Waals surface area contributed by atoms with E-state index in [4.69, 9.17) is 9.15 Å². The predicted octanol–water partition coefficient (Wildman–Crippen LogP) is 2.04. The molecule has 1 aromatic heterocycles. The quantitative estimate of drug-likeness (QED) is 0.863. The van der Waals surface area contributed by atoms with Gasteiger partial charge in [0.25, 0.3) is 5.91 Å². The Bertz CT molecular complexity index is 852. The Morgan fingerprint density at radius 1 is 1.24 bits per heavy atom. The molecular formula is C16H19N3O5S. The zero-order chi connectivity index (χ0) is 18.0. The van der Waals surface area contributed by atoms with Crippen molar-refractivity contribution in [2.24, 2.45) is 0 Å². The number of hydrogen-bond acceptors (Lipinski definition) is 7. The summed E-state index contributed by atoms with van der Waals surface area (Å²) in [6, 6.07) is 6.16. The lowest BCUT2D eigenvalue weighted by Gasteiger charge is -2.07. The Morgan fingerprint density at radius 2 is 1.96 bits per heavy atom. The van der Waals surface area contributed by atoms with E-state index in [1.54, 1.807) is 26.0 Å². The summed E-state index contributed by atoms with van der Waals surface area (Å²) in [5, 5.41) is 9.68. The second kappa shape index (κ2) is 6.93. The lowest BCUT2D eigenvalue weighted by molar-refractivity contribution is -0.124. The largest absolute Gasteiger partial charge is 0.403 e. The Morgan fingerprint density at radius 3 is 2.56 bits per heavy atom. The van der Waals surface area contributed by atoms with E-state index in [1.807, 2.05) is 0 Å². The molecule has 8 nitrogen and oxygen atoms in total. The number of ether oxygens (including phenoxy) is 1. The number of anilines is 1. The second-order valence-corrected chi connectivity index (χ2v) is 8.53. The van der Waals surface area contributed by atoms with E-state index in [-0.39, 0.29) is 22.7 Å². The SMILES string of the molecule is CC(C)S(=O)(=O)c1ccc(-c2nnc(NC(=O)C3CCCO3)o2)cc1. The van der Waals surface area contributed by atoms with Crippen molar-refractivity contribution in [3.8, 4) is 11.5 Å². The van der Waals surface area contributed by atoms with Gasteiger partial charge in [-0.3, -0.25) is 10.1 Å². The molecule has 0 spiro atoms. The molecule has 0 saturated carbocycles. The maximum atomic E-state index is 12.1. The van der Waals surface area contributed by atoms with Gasteiger partial charge in [0.15, 0.2) is 9.84 Å². The summed E-state index contributed by atoms with van der Waals surface area (Å²) >= 11 is 0. The van der Waals surface area contributed by atoms with Gasteiger partial charge in [-0.15, -0.1) is 5.10 Å². The van der Waals surface area contributed by atoms with Crippen LogP contribution >= 0.6 is 0 Å². The van der Waals surface area contributed by atoms with Crippen LogP contribution in [-0.4, -0.2) is 42.5 Å². The van der Waals surface area contributed by atoms with E-state index < -0.39 is 21.2 Å². The van der Waals surface area contributed by atoms with Gasteiger partial charge in [0, 0.05) is 12.2 Å². The Hall–Kier alpha value is -2.26. The summed E-state index contributed by atoms with van der Waals surface area (Å²) in [6.45, 7) is 3.83. The topological polar surface area (TPSA) is 111 Å². The predicted molar refractivity (Wildman–Crippen MR) is 89.7 cm³/mol. The number of benzene rings is 1. The summed E-state index contributed by atoms with van der Waals surface area (Å²) in [7, 11) is -3.33. The molecule has 1 unspecified atom stereocenters. The molecule has 25 heavy (non-hydrogen) atoms. The average molecular weight is 365 g/mol. The summed E-state index contributed by atoms with van der Waals surface area (Å²) < 4.78 is 34.9. The Labute approximate surface area is 145 Å². The van der Waals surface area contributed by atoms with Gasteiger partial charge in [-0.25, -0.2) is 8.42 Å². The van der Waals surface area contributed by atoms with E-state index in [2.05, 4.69) is 15.5 Å². The van der Waals surface area contributed by atoms with Crippen LogP contribution in [0.15, 0.2) is 33.6 Å². The van der Waals surface area contributed by atoms with Crippen molar-refractivity contribution in [3.63, 3.8) is 0 Å². The molecule has 3 rings (SSSR count). The van der Waals surface area contributed by atoms with Crippen molar-refractivity contribution >= 4 is 21.8 Å². The van der Waals surface area contributed by atoms with Gasteiger partial charge in [-0.05, 0) is 51.0 Å². The smallest absolute Gasteiger partial charge is 0.322 e. The molecular weight excluding hydrogens is 346 g/mol. The van der Waals surface area contributed by atoms with Crippen molar-refractivity contribution in [2.45, 2.75) is 42.9 Å². The number of aromatic nitrogens is 2. The van der Waals surface area contributed by atoms with Crippen LogP contribution in [0.4, 0.5) is 6.01 Å². The zero-order valence-electron chi connectivity index (χ0n) is 13.9. The van der Waals surface area contributed by atoms with E-state index in [0.717, 1.165) is 6.42 Å². The monoisotopic (exact) mass is 365 g/mol. The first-order valence-corrected chi connectivity index (χ1v) is 9.53. The van der Waals surface area contributed by atoms with Crippen LogP contribution in [0.25, 0.3) is 11.5 Å². The summed E-state index contributed by atoms with van der Waals surface area (Å²) in [5.74, 6) is -0.123. The first kappa shape index (κ1) is 17.6. The molecule has 0 bridgehead atoms. The standard InChI is InChI=1S/C16H19N3O5S/c1-10(2)25(21,22)12-7-5-11(6-8-12)15-18-19-16(24-15)17-14(20)13-4-3-9-23-13/h5-8,10,13H,3-4,9H2,1-2H3,(H,17,19,20). The molecule has 1 atom stereocenters. The normalized spacial score (nSPS) is 17.8. The molecule has 2 aromatic rings. The third kappa shape index (κ3) is 3.72. The van der Waals surface area contributed by atoms with Crippen LogP contribution in [0, 0.1) is 0 Å². The summed E-state index contributed by atoms with van der Waals surface area (Å²) in [4.78, 5) is 12.2. The fourth-order valence-electron chi connectivity index (χ4n) is 2.42. The third-order valence-corrected chi connectivity index (χ3v) is 6.10. The van der Waals surface area contributed by atoms with Gasteiger partial charge in [-0.2, -0.15) is 0 Å². The zero-order valence-corrected chi connectivity index (χ0v) is 14.7. The van der Waals surface area contributed by atoms with Gasteiger partial charge in [0.1, 0.15) is 6.10 Å². The van der Waals surface area contributed by atoms with Crippen molar-refractivity contribution in [1.82, 2.24) is 10.2 Å². The molecule has 1 N–H and O–H groups in total. The van der Waals surface area contributed by atoms with Crippen LogP contribution in [0.2, 0.25) is 0 Å². The molecule has 1 saturated heterocycles. The van der Waals surface area contributed by atoms with E-state index >= 15 is 0 Å². The van der Waals surface area contributed by atoms with Gasteiger partial charge in [0.05, 0.1) is 10.1 Å².